The van der Waals surface area contributed by atoms with Crippen LogP contribution in [0.1, 0.15) is 26.2 Å². The van der Waals surface area contributed by atoms with Crippen molar-refractivity contribution in [3.63, 3.8) is 0 Å². The van der Waals surface area contributed by atoms with Gasteiger partial charge in [0.1, 0.15) is 6.61 Å². The zero-order valence-corrected chi connectivity index (χ0v) is 13.6. The molecular formula is C16H26N2O4. The van der Waals surface area contributed by atoms with Gasteiger partial charge in [0.2, 0.25) is 0 Å². The summed E-state index contributed by atoms with van der Waals surface area (Å²) in [4.78, 5) is 11.8. The largest absolute Gasteiger partial charge is 0.493 e. The topological polar surface area (TPSA) is 68.8 Å². The van der Waals surface area contributed by atoms with Crippen LogP contribution in [0.5, 0.6) is 11.5 Å². The summed E-state index contributed by atoms with van der Waals surface area (Å²) in [6.45, 7) is 3.70. The van der Waals surface area contributed by atoms with Crippen molar-refractivity contribution in [2.45, 2.75) is 26.2 Å². The number of anilines is 1. The number of hydrogen-bond donors (Lipinski definition) is 2. The van der Waals surface area contributed by atoms with Crippen molar-refractivity contribution < 1.29 is 19.0 Å². The maximum absolute atomic E-state index is 11.8. The Kier molecular flexibility index (Phi) is 8.83. The fourth-order valence-electron chi connectivity index (χ4n) is 1.85. The highest BCUT2D eigenvalue weighted by Crippen LogP contribution is 2.30. The molecule has 0 aliphatic heterocycles. The van der Waals surface area contributed by atoms with Crippen LogP contribution >= 0.6 is 0 Å². The minimum atomic E-state index is -0.218. The first-order chi connectivity index (χ1) is 10.7. The number of rotatable bonds is 10. The number of benzene rings is 1. The molecule has 0 aliphatic carbocycles. The fraction of sp³-hybridized carbons (Fsp3) is 0.562. The first kappa shape index (κ1) is 18.1. The number of nitrogens with one attached hydrogen (secondary N) is 2. The molecule has 0 aliphatic rings. The number of carbonyl (C=O) groups is 1. The van der Waals surface area contributed by atoms with Crippen molar-refractivity contribution >= 4 is 11.7 Å². The monoisotopic (exact) mass is 310 g/mol. The number of unbranched alkanes of at least 4 members (excludes halogenated alkanes) is 2. The van der Waals surface area contributed by atoms with Crippen molar-refractivity contribution in [2.75, 3.05) is 39.3 Å². The maximum atomic E-state index is 11.8. The molecule has 0 bridgehead atoms. The summed E-state index contributed by atoms with van der Waals surface area (Å²) < 4.78 is 15.8. The Balaban J connectivity index is 2.55. The van der Waals surface area contributed by atoms with Crippen molar-refractivity contribution in [1.82, 2.24) is 5.32 Å². The minimum Gasteiger partial charge on any atom is -0.493 e. The van der Waals surface area contributed by atoms with Gasteiger partial charge in [-0.3, -0.25) is 0 Å². The zero-order valence-electron chi connectivity index (χ0n) is 13.6. The molecule has 0 aromatic heterocycles. The molecule has 6 heteroatoms. The number of hydrogen-bond acceptors (Lipinski definition) is 4. The third-order valence-corrected chi connectivity index (χ3v) is 3.03. The van der Waals surface area contributed by atoms with E-state index in [0.29, 0.717) is 36.9 Å². The summed E-state index contributed by atoms with van der Waals surface area (Å²) in [6, 6.07) is 5.05. The highest BCUT2D eigenvalue weighted by molar-refractivity contribution is 5.89. The van der Waals surface area contributed by atoms with E-state index in [1.165, 1.54) is 0 Å². The predicted molar refractivity (Wildman–Crippen MR) is 86.9 cm³/mol. The Morgan fingerprint density at radius 3 is 2.64 bits per heavy atom. The molecule has 1 aromatic carbocycles. The summed E-state index contributed by atoms with van der Waals surface area (Å²) in [5.41, 5.74) is 0.654. The first-order valence-corrected chi connectivity index (χ1v) is 7.55. The molecule has 0 unspecified atom stereocenters. The second-order valence-electron chi connectivity index (χ2n) is 4.79. The SMILES string of the molecule is CCCCCNC(=O)Nc1ccc(OC)c(OCCOC)c1. The number of ether oxygens (including phenoxy) is 3. The van der Waals surface area contributed by atoms with E-state index in [9.17, 15) is 4.79 Å². The van der Waals surface area contributed by atoms with Gasteiger partial charge in [-0.25, -0.2) is 4.79 Å². The molecule has 0 heterocycles. The van der Waals surface area contributed by atoms with E-state index < -0.39 is 0 Å². The van der Waals surface area contributed by atoms with Crippen LogP contribution in [0.3, 0.4) is 0 Å². The average Bonchev–Trinajstić information content (AvgIpc) is 2.52. The molecule has 1 rings (SSSR count). The molecule has 6 nitrogen and oxygen atoms in total. The Morgan fingerprint density at radius 2 is 1.95 bits per heavy atom. The standard InChI is InChI=1S/C16H26N2O4/c1-4-5-6-9-17-16(19)18-13-7-8-14(21-3)15(12-13)22-11-10-20-2/h7-8,12H,4-6,9-11H2,1-3H3,(H2,17,18,19). The minimum absolute atomic E-state index is 0.218. The third kappa shape index (κ3) is 6.67. The second kappa shape index (κ2) is 10.7. The molecule has 22 heavy (non-hydrogen) atoms. The quantitative estimate of drug-likeness (QED) is 0.652. The fourth-order valence-corrected chi connectivity index (χ4v) is 1.85. The van der Waals surface area contributed by atoms with E-state index in [2.05, 4.69) is 17.6 Å². The first-order valence-electron chi connectivity index (χ1n) is 7.55. The highest BCUT2D eigenvalue weighted by Gasteiger charge is 2.08. The lowest BCUT2D eigenvalue weighted by atomic mass is 10.2. The van der Waals surface area contributed by atoms with Crippen molar-refractivity contribution in [1.29, 1.82) is 0 Å². The summed E-state index contributed by atoms with van der Waals surface area (Å²) in [5.74, 6) is 1.19. The van der Waals surface area contributed by atoms with Gasteiger partial charge in [0, 0.05) is 25.4 Å². The van der Waals surface area contributed by atoms with E-state index in [1.54, 1.807) is 32.4 Å². The number of carbonyl (C=O) groups excluding carboxylic acids is 1. The smallest absolute Gasteiger partial charge is 0.319 e. The van der Waals surface area contributed by atoms with Gasteiger partial charge in [0.25, 0.3) is 0 Å². The molecule has 2 N–H and O–H groups in total. The van der Waals surface area contributed by atoms with Gasteiger partial charge in [-0.2, -0.15) is 0 Å². The van der Waals surface area contributed by atoms with Crippen LogP contribution in [0.25, 0.3) is 0 Å². The Bertz CT molecular complexity index is 452. The number of methoxy groups -OCH3 is 2. The number of amides is 2. The van der Waals surface area contributed by atoms with Gasteiger partial charge in [0.05, 0.1) is 13.7 Å². The van der Waals surface area contributed by atoms with Crippen LogP contribution in [0.2, 0.25) is 0 Å². The van der Waals surface area contributed by atoms with Gasteiger partial charge < -0.3 is 24.8 Å². The summed E-state index contributed by atoms with van der Waals surface area (Å²) in [5, 5.41) is 5.61. The van der Waals surface area contributed by atoms with Crippen LogP contribution in [0, 0.1) is 0 Å². The molecule has 0 spiro atoms. The Labute approximate surface area is 132 Å². The lowest BCUT2D eigenvalue weighted by molar-refractivity contribution is 0.144. The van der Waals surface area contributed by atoms with E-state index >= 15 is 0 Å². The van der Waals surface area contributed by atoms with E-state index in [1.807, 2.05) is 0 Å². The van der Waals surface area contributed by atoms with Crippen LogP contribution < -0.4 is 20.1 Å². The van der Waals surface area contributed by atoms with E-state index in [4.69, 9.17) is 14.2 Å². The molecule has 0 saturated heterocycles. The van der Waals surface area contributed by atoms with Gasteiger partial charge in [0.15, 0.2) is 11.5 Å². The second-order valence-corrected chi connectivity index (χ2v) is 4.79. The molecule has 1 aromatic rings. The summed E-state index contributed by atoms with van der Waals surface area (Å²) >= 11 is 0. The van der Waals surface area contributed by atoms with Gasteiger partial charge in [-0.15, -0.1) is 0 Å². The van der Waals surface area contributed by atoms with Crippen LogP contribution in [-0.2, 0) is 4.74 Å². The predicted octanol–water partition coefficient (Wildman–Crippen LogP) is 3.03. The molecule has 0 atom stereocenters. The van der Waals surface area contributed by atoms with Gasteiger partial charge >= 0.3 is 6.03 Å². The van der Waals surface area contributed by atoms with Gasteiger partial charge in [-0.05, 0) is 18.6 Å². The zero-order chi connectivity index (χ0) is 16.2. The van der Waals surface area contributed by atoms with Crippen molar-refractivity contribution in [3.8, 4) is 11.5 Å². The molecule has 0 radical (unpaired) electrons. The third-order valence-electron chi connectivity index (χ3n) is 3.03. The summed E-state index contributed by atoms with van der Waals surface area (Å²) in [7, 11) is 3.19. The molecule has 0 fully saturated rings. The lowest BCUT2D eigenvalue weighted by Gasteiger charge is -2.13. The number of urea groups is 1. The Hall–Kier alpha value is -1.95. The lowest BCUT2D eigenvalue weighted by Crippen LogP contribution is -2.29. The molecule has 124 valence electrons. The molecule has 0 saturated carbocycles. The van der Waals surface area contributed by atoms with Crippen LogP contribution in [0.4, 0.5) is 10.5 Å². The van der Waals surface area contributed by atoms with E-state index in [-0.39, 0.29) is 6.03 Å². The van der Waals surface area contributed by atoms with Crippen molar-refractivity contribution in [3.05, 3.63) is 18.2 Å². The normalized spacial score (nSPS) is 10.1. The van der Waals surface area contributed by atoms with E-state index in [0.717, 1.165) is 19.3 Å². The van der Waals surface area contributed by atoms with Crippen LogP contribution in [-0.4, -0.2) is 40.0 Å². The molecule has 2 amide bonds. The summed E-state index contributed by atoms with van der Waals surface area (Å²) in [6.07, 6.45) is 3.22. The highest BCUT2D eigenvalue weighted by atomic mass is 16.5. The molecular weight excluding hydrogens is 284 g/mol. The van der Waals surface area contributed by atoms with Crippen LogP contribution in [0.15, 0.2) is 18.2 Å². The maximum Gasteiger partial charge on any atom is 0.319 e. The van der Waals surface area contributed by atoms with Crippen molar-refractivity contribution in [2.24, 2.45) is 0 Å². The Morgan fingerprint density at radius 1 is 1.14 bits per heavy atom. The van der Waals surface area contributed by atoms with Gasteiger partial charge in [-0.1, -0.05) is 19.8 Å². The average molecular weight is 310 g/mol.